The van der Waals surface area contributed by atoms with Crippen LogP contribution in [0.1, 0.15) is 13.8 Å². The molecule has 1 amide bonds. The average Bonchev–Trinajstić information content (AvgIpc) is 2.79. The van der Waals surface area contributed by atoms with Gasteiger partial charge in [-0.1, -0.05) is 0 Å². The fourth-order valence-electron chi connectivity index (χ4n) is 3.79. The summed E-state index contributed by atoms with van der Waals surface area (Å²) >= 11 is 0. The van der Waals surface area contributed by atoms with Crippen LogP contribution in [0.5, 0.6) is 5.75 Å². The van der Waals surface area contributed by atoms with E-state index in [-0.39, 0.29) is 11.4 Å². The third kappa shape index (κ3) is 5.61. The second-order valence-corrected chi connectivity index (χ2v) is 8.09. The first-order chi connectivity index (χ1) is 16.0. The van der Waals surface area contributed by atoms with Crippen molar-refractivity contribution in [2.75, 3.05) is 6.61 Å². The molecule has 0 radical (unpaired) electrons. The highest BCUT2D eigenvalue weighted by molar-refractivity contribution is 5.73. The van der Waals surface area contributed by atoms with Crippen molar-refractivity contribution in [3.63, 3.8) is 0 Å². The van der Waals surface area contributed by atoms with Crippen LogP contribution >= 0.6 is 0 Å². The molecular formula is C20H28N2O12. The lowest BCUT2D eigenvalue weighted by Gasteiger charge is -2.46. The third-order valence-corrected chi connectivity index (χ3v) is 5.62. The first-order valence-electron chi connectivity index (χ1n) is 10.5. The first-order valence-corrected chi connectivity index (χ1v) is 10.5. The molecule has 0 aliphatic carbocycles. The van der Waals surface area contributed by atoms with Gasteiger partial charge in [0.2, 0.25) is 12.2 Å². The maximum Gasteiger partial charge on any atom is 0.269 e. The second kappa shape index (κ2) is 10.9. The lowest BCUT2D eigenvalue weighted by atomic mass is 9.95. The number of aliphatic hydroxyl groups excluding tert-OH is 5. The highest BCUT2D eigenvalue weighted by Gasteiger charge is 2.51. The van der Waals surface area contributed by atoms with Gasteiger partial charge in [-0.15, -0.1) is 0 Å². The lowest BCUT2D eigenvalue weighted by Crippen LogP contribution is -2.67. The highest BCUT2D eigenvalue weighted by atomic mass is 16.7. The molecule has 2 fully saturated rings. The standard InChI is InChI=1S/C20H28N2O12/c1-8-14(25)16(27)17(28)20(31-8)34-18-12(7-23)33-19(13(15(18)26)21-9(2)24)32-11-5-3-10(4-6-11)22(29)30/h3-6,8,12-20,23,25-28H,7H2,1-2H3,(H,21,24)/t8-,12?,13?,14?,15?,16?,17-,18+,19+,20?/m0/s1. The quantitative estimate of drug-likeness (QED) is 0.178. The Balaban J connectivity index is 1.80. The maximum absolute atomic E-state index is 11.8. The van der Waals surface area contributed by atoms with Gasteiger partial charge in [-0.2, -0.15) is 0 Å². The summed E-state index contributed by atoms with van der Waals surface area (Å²) < 4.78 is 22.4. The smallest absolute Gasteiger partial charge is 0.269 e. The van der Waals surface area contributed by atoms with E-state index >= 15 is 0 Å². The van der Waals surface area contributed by atoms with Crippen LogP contribution in [-0.4, -0.2) is 104 Å². The van der Waals surface area contributed by atoms with Crippen molar-refractivity contribution in [1.82, 2.24) is 5.32 Å². The van der Waals surface area contributed by atoms with Gasteiger partial charge in [0.1, 0.15) is 48.4 Å². The van der Waals surface area contributed by atoms with Gasteiger partial charge in [0, 0.05) is 19.1 Å². The van der Waals surface area contributed by atoms with Crippen LogP contribution in [0.4, 0.5) is 5.69 Å². The summed E-state index contributed by atoms with van der Waals surface area (Å²) in [6, 6.07) is 3.76. The number of carbonyl (C=O) groups excluding carboxylic acids is 1. The Labute approximate surface area is 193 Å². The summed E-state index contributed by atoms with van der Waals surface area (Å²) in [6.45, 7) is 1.97. The molecule has 0 bridgehead atoms. The van der Waals surface area contributed by atoms with Crippen LogP contribution in [0, 0.1) is 10.1 Å². The van der Waals surface area contributed by atoms with E-state index in [4.69, 9.17) is 18.9 Å². The van der Waals surface area contributed by atoms with Gasteiger partial charge in [0.25, 0.3) is 5.69 Å². The summed E-state index contributed by atoms with van der Waals surface area (Å²) in [7, 11) is 0. The number of nitro groups is 1. The lowest BCUT2D eigenvalue weighted by molar-refractivity contribution is -0.384. The minimum atomic E-state index is -1.67. The number of non-ortho nitro benzene ring substituents is 1. The van der Waals surface area contributed by atoms with Gasteiger partial charge in [0.05, 0.1) is 17.6 Å². The molecule has 14 nitrogen and oxygen atoms in total. The molecule has 1 aromatic carbocycles. The Hall–Kier alpha value is -2.43. The van der Waals surface area contributed by atoms with Crippen molar-refractivity contribution in [2.45, 2.75) is 75.2 Å². The first kappa shape index (κ1) is 26.2. The van der Waals surface area contributed by atoms with E-state index in [9.17, 15) is 40.4 Å². The van der Waals surface area contributed by atoms with E-state index in [1.165, 1.54) is 38.1 Å². The fourth-order valence-corrected chi connectivity index (χ4v) is 3.79. The van der Waals surface area contributed by atoms with Gasteiger partial charge >= 0.3 is 0 Å². The summed E-state index contributed by atoms with van der Waals surface area (Å²) in [5.41, 5.74) is -0.176. The molecule has 2 saturated heterocycles. The third-order valence-electron chi connectivity index (χ3n) is 5.62. The molecule has 0 aromatic heterocycles. The molecule has 6 N–H and O–H groups in total. The van der Waals surface area contributed by atoms with Crippen LogP contribution in [-0.2, 0) is 19.0 Å². The fraction of sp³-hybridized carbons (Fsp3) is 0.650. The molecule has 0 spiro atoms. The van der Waals surface area contributed by atoms with Gasteiger partial charge in [-0.05, 0) is 19.1 Å². The van der Waals surface area contributed by atoms with Gasteiger partial charge in [0.15, 0.2) is 6.29 Å². The van der Waals surface area contributed by atoms with Crippen molar-refractivity contribution < 1.29 is 54.2 Å². The number of benzene rings is 1. The highest BCUT2D eigenvalue weighted by Crippen LogP contribution is 2.30. The predicted molar refractivity (Wildman–Crippen MR) is 110 cm³/mol. The van der Waals surface area contributed by atoms with Crippen LogP contribution in [0.15, 0.2) is 24.3 Å². The van der Waals surface area contributed by atoms with Crippen molar-refractivity contribution in [1.29, 1.82) is 0 Å². The number of ether oxygens (including phenoxy) is 4. The number of nitrogens with one attached hydrogen (secondary N) is 1. The Morgan fingerprint density at radius 1 is 1.06 bits per heavy atom. The number of rotatable bonds is 7. The molecule has 0 saturated carbocycles. The van der Waals surface area contributed by atoms with E-state index in [1.807, 2.05) is 0 Å². The molecule has 2 aliphatic rings. The van der Waals surface area contributed by atoms with Crippen LogP contribution in [0.3, 0.4) is 0 Å². The summed E-state index contributed by atoms with van der Waals surface area (Å²) in [5.74, 6) is -0.418. The zero-order chi connectivity index (χ0) is 25.2. The zero-order valence-corrected chi connectivity index (χ0v) is 18.3. The number of aliphatic hydroxyl groups is 5. The molecule has 34 heavy (non-hydrogen) atoms. The maximum atomic E-state index is 11.8. The molecule has 10 atom stereocenters. The second-order valence-electron chi connectivity index (χ2n) is 8.09. The number of nitro benzene ring substituents is 1. The van der Waals surface area contributed by atoms with E-state index in [1.54, 1.807) is 0 Å². The molecule has 190 valence electrons. The number of carbonyl (C=O) groups is 1. The Kier molecular flexibility index (Phi) is 8.38. The van der Waals surface area contributed by atoms with Crippen molar-refractivity contribution >= 4 is 11.6 Å². The Bertz CT molecular complexity index is 854. The Morgan fingerprint density at radius 2 is 1.71 bits per heavy atom. The Morgan fingerprint density at radius 3 is 2.26 bits per heavy atom. The molecule has 6 unspecified atom stereocenters. The molecule has 1 aromatic rings. The molecule has 3 rings (SSSR count). The van der Waals surface area contributed by atoms with E-state index in [0.717, 1.165) is 0 Å². The minimum Gasteiger partial charge on any atom is -0.463 e. The van der Waals surface area contributed by atoms with Gasteiger partial charge in [-0.25, -0.2) is 0 Å². The minimum absolute atomic E-state index is 0.131. The number of hydrogen-bond acceptors (Lipinski definition) is 12. The molecule has 14 heteroatoms. The number of amides is 1. The van der Waals surface area contributed by atoms with Crippen LogP contribution < -0.4 is 10.1 Å². The summed E-state index contributed by atoms with van der Waals surface area (Å²) in [6.07, 6.45) is -12.5. The van der Waals surface area contributed by atoms with Gasteiger partial charge in [-0.3, -0.25) is 14.9 Å². The monoisotopic (exact) mass is 488 g/mol. The number of nitrogens with zero attached hydrogens (tertiary/aromatic N) is 1. The average molecular weight is 488 g/mol. The summed E-state index contributed by atoms with van der Waals surface area (Å²) in [5, 5.41) is 64.3. The molecule has 2 heterocycles. The molecule has 2 aliphatic heterocycles. The topological polar surface area (TPSA) is 210 Å². The van der Waals surface area contributed by atoms with Gasteiger partial charge < -0.3 is 49.8 Å². The van der Waals surface area contributed by atoms with Crippen molar-refractivity contribution in [2.24, 2.45) is 0 Å². The zero-order valence-electron chi connectivity index (χ0n) is 18.3. The number of hydrogen-bond donors (Lipinski definition) is 6. The van der Waals surface area contributed by atoms with Crippen molar-refractivity contribution in [3.05, 3.63) is 34.4 Å². The SMILES string of the molecule is CC(=O)NC1C(O)[C@H](OC2O[C@@H](C)C(O)C(O)[C@@H]2O)C(CO)O[C@H]1Oc1ccc([N+](=O)[O-])cc1. The van der Waals surface area contributed by atoms with E-state index < -0.39 is 78.8 Å². The predicted octanol–water partition coefficient (Wildman–Crippen LogP) is -2.23. The van der Waals surface area contributed by atoms with E-state index in [2.05, 4.69) is 5.32 Å². The van der Waals surface area contributed by atoms with Crippen LogP contribution in [0.25, 0.3) is 0 Å². The normalized spacial score (nSPS) is 38.2. The summed E-state index contributed by atoms with van der Waals surface area (Å²) in [4.78, 5) is 22.0. The largest absolute Gasteiger partial charge is 0.463 e. The van der Waals surface area contributed by atoms with E-state index in [0.29, 0.717) is 0 Å². The molecular weight excluding hydrogens is 460 g/mol. The van der Waals surface area contributed by atoms with Crippen molar-refractivity contribution in [3.8, 4) is 5.75 Å². The van der Waals surface area contributed by atoms with Crippen LogP contribution in [0.2, 0.25) is 0 Å².